The topological polar surface area (TPSA) is 76.7 Å². The van der Waals surface area contributed by atoms with E-state index in [1.54, 1.807) is 12.1 Å². The standard InChI is InChI=1S/2C11H12F2NO2.2C5H5.Ti/c2*1-2-3-6-14-11(15)16-10-5-4-8(12)7-9(10)13;2*1-2-4-5-3-1;/h2*4-5H,2-3,6H2,1H3,(H,14,15);2*1-3H,4H2;/q4*-1;+4. The minimum absolute atomic E-state index is 0. The van der Waals surface area contributed by atoms with Crippen LogP contribution in [0.1, 0.15) is 52.4 Å². The van der Waals surface area contributed by atoms with E-state index in [9.17, 15) is 27.2 Å². The van der Waals surface area contributed by atoms with Crippen molar-refractivity contribution < 1.29 is 58.3 Å². The van der Waals surface area contributed by atoms with Gasteiger partial charge in [-0.15, -0.1) is 49.2 Å². The summed E-state index contributed by atoms with van der Waals surface area (Å²) < 4.78 is 60.2. The van der Waals surface area contributed by atoms with Crippen molar-refractivity contribution in [3.63, 3.8) is 0 Å². The van der Waals surface area contributed by atoms with Crippen molar-refractivity contribution in [1.82, 2.24) is 10.6 Å². The first-order valence-electron chi connectivity index (χ1n) is 13.4. The molecule has 0 fully saturated rings. The van der Waals surface area contributed by atoms with Crippen LogP contribution in [0.15, 0.2) is 60.7 Å². The fourth-order valence-electron chi connectivity index (χ4n) is 2.70. The molecule has 0 heterocycles. The molecule has 0 radical (unpaired) electrons. The first-order valence-corrected chi connectivity index (χ1v) is 13.4. The minimum Gasteiger partial charge on any atom is -0.472 e. The molecule has 0 bridgehead atoms. The Hall–Kier alpha value is -3.63. The Morgan fingerprint density at radius 3 is 1.37 bits per heavy atom. The molecular formula is C32H34F4N2O4Ti. The van der Waals surface area contributed by atoms with Crippen molar-refractivity contribution in [2.24, 2.45) is 0 Å². The Morgan fingerprint density at radius 1 is 0.721 bits per heavy atom. The molecule has 4 rings (SSSR count). The molecule has 11 heteroatoms. The predicted molar refractivity (Wildman–Crippen MR) is 151 cm³/mol. The van der Waals surface area contributed by atoms with Crippen molar-refractivity contribution in [3.8, 4) is 11.5 Å². The van der Waals surface area contributed by atoms with Crippen LogP contribution in [0.3, 0.4) is 0 Å². The fraction of sp³-hybridized carbons (Fsp3) is 0.312. The molecular weight excluding hydrogens is 600 g/mol. The smallest absolute Gasteiger partial charge is 0.472 e. The van der Waals surface area contributed by atoms with E-state index < -0.39 is 35.5 Å². The molecule has 0 spiro atoms. The number of carbonyl (C=O) groups excluding carboxylic acids is 2. The second-order valence-electron chi connectivity index (χ2n) is 8.31. The number of nitrogens with one attached hydrogen (secondary N) is 2. The van der Waals surface area contributed by atoms with E-state index in [2.05, 4.69) is 44.4 Å². The van der Waals surface area contributed by atoms with Gasteiger partial charge in [0.15, 0.2) is 0 Å². The number of halogens is 4. The van der Waals surface area contributed by atoms with E-state index in [1.165, 1.54) is 0 Å². The summed E-state index contributed by atoms with van der Waals surface area (Å²) in [7, 11) is 0. The maximum absolute atomic E-state index is 13.0. The third-order valence-electron chi connectivity index (χ3n) is 4.83. The van der Waals surface area contributed by atoms with E-state index in [0.717, 1.165) is 62.8 Å². The van der Waals surface area contributed by atoms with Gasteiger partial charge in [0.05, 0.1) is 23.1 Å². The van der Waals surface area contributed by atoms with Crippen LogP contribution in [0.5, 0.6) is 11.5 Å². The summed E-state index contributed by atoms with van der Waals surface area (Å²) in [5.74, 6) is -4.39. The van der Waals surface area contributed by atoms with E-state index in [-0.39, 0.29) is 33.2 Å². The van der Waals surface area contributed by atoms with Gasteiger partial charge in [0.2, 0.25) is 0 Å². The van der Waals surface area contributed by atoms with Gasteiger partial charge in [-0.2, -0.15) is 12.2 Å². The molecule has 0 saturated heterocycles. The second-order valence-corrected chi connectivity index (χ2v) is 8.31. The Bertz CT molecular complexity index is 1110. The molecule has 2 aliphatic carbocycles. The van der Waals surface area contributed by atoms with Crippen molar-refractivity contribution in [1.29, 1.82) is 0 Å². The third kappa shape index (κ3) is 20.0. The van der Waals surface area contributed by atoms with Gasteiger partial charge in [-0.25, -0.2) is 51.5 Å². The van der Waals surface area contributed by atoms with Gasteiger partial charge >= 0.3 is 33.9 Å². The summed E-state index contributed by atoms with van der Waals surface area (Å²) in [6.45, 7) is 4.87. The average Bonchev–Trinajstić information content (AvgIpc) is 3.73. The second kappa shape index (κ2) is 24.9. The van der Waals surface area contributed by atoms with E-state index in [4.69, 9.17) is 0 Å². The molecule has 0 aromatic heterocycles. The number of rotatable bonds is 8. The number of unbranched alkanes of at least 4 members (excludes halogenated alkanes) is 2. The molecule has 2 aromatic rings. The van der Waals surface area contributed by atoms with Gasteiger partial charge in [-0.05, 0) is 12.8 Å². The molecule has 0 unspecified atom stereocenters. The van der Waals surface area contributed by atoms with Crippen molar-refractivity contribution in [3.05, 3.63) is 108 Å². The number of ether oxygens (including phenoxy) is 2. The molecule has 0 atom stereocenters. The molecule has 2 N–H and O–H groups in total. The van der Waals surface area contributed by atoms with Crippen LogP contribution in [0.2, 0.25) is 0 Å². The Morgan fingerprint density at radius 2 is 1.12 bits per heavy atom. The molecule has 228 valence electrons. The number of amides is 2. The average molecular weight is 634 g/mol. The minimum atomic E-state index is -1.02. The molecule has 6 nitrogen and oxygen atoms in total. The number of benzene rings is 2. The number of hydrogen-bond acceptors (Lipinski definition) is 4. The zero-order chi connectivity index (χ0) is 31.0. The van der Waals surface area contributed by atoms with Crippen LogP contribution in [0.4, 0.5) is 27.2 Å². The van der Waals surface area contributed by atoms with Gasteiger partial charge in [-0.1, -0.05) is 26.7 Å². The first-order chi connectivity index (χ1) is 20.3. The summed E-state index contributed by atoms with van der Waals surface area (Å²) in [6.07, 6.45) is 22.0. The van der Waals surface area contributed by atoms with Crippen LogP contribution >= 0.6 is 0 Å². The predicted octanol–water partition coefficient (Wildman–Crippen LogP) is 7.92. The maximum Gasteiger partial charge on any atom is 4.00 e. The molecule has 0 saturated carbocycles. The molecule has 0 aliphatic heterocycles. The summed E-state index contributed by atoms with van der Waals surface area (Å²) in [5.41, 5.74) is 0. The number of carbonyl (C=O) groups is 2. The van der Waals surface area contributed by atoms with Crippen LogP contribution in [-0.2, 0) is 21.7 Å². The first kappa shape index (κ1) is 39.4. The van der Waals surface area contributed by atoms with Gasteiger partial charge < -0.3 is 20.1 Å². The van der Waals surface area contributed by atoms with Gasteiger partial charge in [0.25, 0.3) is 0 Å². The number of allylic oxidation sites excluding steroid dienone is 8. The van der Waals surface area contributed by atoms with Gasteiger partial charge in [-0.3, -0.25) is 12.2 Å². The Kier molecular flexibility index (Phi) is 22.8. The van der Waals surface area contributed by atoms with Gasteiger partial charge in [0, 0.05) is 24.7 Å². The van der Waals surface area contributed by atoms with Crippen LogP contribution in [0.25, 0.3) is 0 Å². The van der Waals surface area contributed by atoms with Crippen LogP contribution in [0, 0.1) is 47.6 Å². The third-order valence-corrected chi connectivity index (χ3v) is 4.83. The van der Waals surface area contributed by atoms with Crippen LogP contribution < -0.4 is 20.1 Å². The normalized spacial score (nSPS) is 11.5. The SMILES string of the molecule is CCCCNC(=O)Oc1ccc(F)[c-]c1F.CCCCNC(=O)Oc1ccc(F)[c-]c1F.[C-]1=CC=CC1.[C-]1=CC=CC1.[Ti+4]. The van der Waals surface area contributed by atoms with E-state index in [1.807, 2.05) is 38.2 Å². The summed E-state index contributed by atoms with van der Waals surface area (Å²) in [5, 5.41) is 4.88. The van der Waals surface area contributed by atoms with Crippen LogP contribution in [-0.4, -0.2) is 25.3 Å². The summed E-state index contributed by atoms with van der Waals surface area (Å²) >= 11 is 0. The fourth-order valence-corrected chi connectivity index (χ4v) is 2.70. The Balaban J connectivity index is 0.000000608. The van der Waals surface area contributed by atoms with E-state index in [0.29, 0.717) is 13.1 Å². The summed E-state index contributed by atoms with van der Waals surface area (Å²) in [4.78, 5) is 22.2. The van der Waals surface area contributed by atoms with Crippen molar-refractivity contribution in [2.45, 2.75) is 52.4 Å². The van der Waals surface area contributed by atoms with Gasteiger partial charge in [0.1, 0.15) is 0 Å². The van der Waals surface area contributed by atoms with Crippen molar-refractivity contribution in [2.75, 3.05) is 13.1 Å². The number of hydrogen-bond donors (Lipinski definition) is 2. The zero-order valence-electron chi connectivity index (χ0n) is 24.1. The molecule has 2 amide bonds. The zero-order valence-corrected chi connectivity index (χ0v) is 25.6. The maximum atomic E-state index is 13.0. The van der Waals surface area contributed by atoms with E-state index >= 15 is 0 Å². The van der Waals surface area contributed by atoms with Crippen molar-refractivity contribution >= 4 is 12.2 Å². The monoisotopic (exact) mass is 634 g/mol. The molecule has 2 aromatic carbocycles. The Labute approximate surface area is 265 Å². The summed E-state index contributed by atoms with van der Waals surface area (Å²) in [6, 6.07) is 7.57. The largest absolute Gasteiger partial charge is 4.00 e. The molecule has 43 heavy (non-hydrogen) atoms. The molecule has 2 aliphatic rings. The quantitative estimate of drug-likeness (QED) is 0.134.